The van der Waals surface area contributed by atoms with Crippen molar-refractivity contribution in [3.63, 3.8) is 0 Å². The van der Waals surface area contributed by atoms with Gasteiger partial charge in [0, 0.05) is 11.6 Å². The molecule has 0 amide bonds. The lowest BCUT2D eigenvalue weighted by Crippen LogP contribution is -2.19. The monoisotopic (exact) mass is 295 g/mol. The van der Waals surface area contributed by atoms with Crippen LogP contribution in [0.2, 0.25) is 0 Å². The van der Waals surface area contributed by atoms with E-state index in [1.807, 2.05) is 5.38 Å². The molecule has 0 fully saturated rings. The van der Waals surface area contributed by atoms with Gasteiger partial charge in [0.15, 0.2) is 0 Å². The molecule has 2 N–H and O–H groups in total. The summed E-state index contributed by atoms with van der Waals surface area (Å²) >= 11 is 1.62. The smallest absolute Gasteiger partial charge is 0.316 e. The zero-order chi connectivity index (χ0) is 14.4. The Morgan fingerprint density at radius 2 is 2.20 bits per heavy atom. The minimum absolute atomic E-state index is 0.118. The van der Waals surface area contributed by atoms with E-state index >= 15 is 0 Å². The highest BCUT2D eigenvalue weighted by molar-refractivity contribution is 7.09. The molecule has 2 heterocycles. The van der Waals surface area contributed by atoms with Gasteiger partial charge in [-0.2, -0.15) is 0 Å². The van der Waals surface area contributed by atoms with Crippen LogP contribution in [0.1, 0.15) is 44.1 Å². The van der Waals surface area contributed by atoms with Crippen LogP contribution in [0.15, 0.2) is 16.0 Å². The van der Waals surface area contributed by atoms with E-state index in [0.717, 1.165) is 18.0 Å². The van der Waals surface area contributed by atoms with Crippen molar-refractivity contribution in [2.75, 3.05) is 11.9 Å². The van der Waals surface area contributed by atoms with E-state index in [1.165, 1.54) is 0 Å². The van der Waals surface area contributed by atoms with Crippen LogP contribution >= 0.6 is 11.3 Å². The van der Waals surface area contributed by atoms with Crippen molar-refractivity contribution in [3.8, 4) is 0 Å². The quantitative estimate of drug-likeness (QED) is 0.780. The second-order valence-corrected chi connectivity index (χ2v) is 5.93. The SMILES string of the molecule is CCC(Nc1nnc(CNCC(C)C)o1)c1nccs1. The van der Waals surface area contributed by atoms with Gasteiger partial charge < -0.3 is 15.1 Å². The highest BCUT2D eigenvalue weighted by Crippen LogP contribution is 2.23. The average molecular weight is 295 g/mol. The summed E-state index contributed by atoms with van der Waals surface area (Å²) in [6, 6.07) is 0.570. The summed E-state index contributed by atoms with van der Waals surface area (Å²) in [5.74, 6) is 1.20. The Bertz CT molecular complexity index is 497. The first-order valence-corrected chi connectivity index (χ1v) is 7.76. The maximum absolute atomic E-state index is 5.58. The summed E-state index contributed by atoms with van der Waals surface area (Å²) in [6.45, 7) is 7.95. The summed E-state index contributed by atoms with van der Waals surface area (Å²) in [5, 5.41) is 17.5. The largest absolute Gasteiger partial charge is 0.407 e. The summed E-state index contributed by atoms with van der Waals surface area (Å²) in [6.07, 6.45) is 2.72. The molecule has 7 heteroatoms. The lowest BCUT2D eigenvalue weighted by atomic mass is 10.2. The molecule has 2 rings (SSSR count). The standard InChI is InChI=1S/C13H21N5OS/c1-4-10(12-15-5-6-20-12)16-13-18-17-11(19-13)8-14-7-9(2)3/h5-6,9-10,14H,4,7-8H2,1-3H3,(H,16,18). The van der Waals surface area contributed by atoms with Crippen molar-refractivity contribution in [1.82, 2.24) is 20.5 Å². The number of nitrogens with one attached hydrogen (secondary N) is 2. The van der Waals surface area contributed by atoms with E-state index in [9.17, 15) is 0 Å². The Balaban J connectivity index is 1.88. The number of aromatic nitrogens is 3. The topological polar surface area (TPSA) is 75.9 Å². The molecule has 0 aliphatic heterocycles. The molecule has 0 aliphatic carbocycles. The molecule has 20 heavy (non-hydrogen) atoms. The van der Waals surface area contributed by atoms with Crippen LogP contribution < -0.4 is 10.6 Å². The van der Waals surface area contributed by atoms with E-state index < -0.39 is 0 Å². The molecule has 2 aromatic heterocycles. The Labute approximate surface area is 123 Å². The summed E-state index contributed by atoms with van der Waals surface area (Å²) in [5.41, 5.74) is 0. The van der Waals surface area contributed by atoms with Crippen molar-refractivity contribution >= 4 is 17.4 Å². The molecule has 0 saturated heterocycles. The van der Waals surface area contributed by atoms with Crippen molar-refractivity contribution in [2.45, 2.75) is 39.8 Å². The summed E-state index contributed by atoms with van der Waals surface area (Å²) < 4.78 is 5.58. The van der Waals surface area contributed by atoms with Crippen LogP contribution in [0.3, 0.4) is 0 Å². The second-order valence-electron chi connectivity index (χ2n) is 5.00. The van der Waals surface area contributed by atoms with E-state index in [2.05, 4.69) is 46.6 Å². The highest BCUT2D eigenvalue weighted by Gasteiger charge is 2.15. The van der Waals surface area contributed by atoms with E-state index in [0.29, 0.717) is 24.4 Å². The van der Waals surface area contributed by atoms with Crippen molar-refractivity contribution in [1.29, 1.82) is 0 Å². The Morgan fingerprint density at radius 3 is 2.85 bits per heavy atom. The van der Waals surface area contributed by atoms with Crippen LogP contribution in [-0.2, 0) is 6.54 Å². The molecule has 0 radical (unpaired) electrons. The van der Waals surface area contributed by atoms with Gasteiger partial charge in [0.05, 0.1) is 12.6 Å². The maximum Gasteiger partial charge on any atom is 0.316 e. The number of hydrogen-bond acceptors (Lipinski definition) is 7. The van der Waals surface area contributed by atoms with Crippen molar-refractivity contribution in [2.24, 2.45) is 5.92 Å². The summed E-state index contributed by atoms with van der Waals surface area (Å²) in [7, 11) is 0. The molecular weight excluding hydrogens is 274 g/mol. The molecule has 0 aliphatic rings. The first-order valence-electron chi connectivity index (χ1n) is 6.88. The fourth-order valence-electron chi connectivity index (χ4n) is 1.75. The van der Waals surface area contributed by atoms with Gasteiger partial charge in [0.1, 0.15) is 5.01 Å². The Kier molecular flexibility index (Phi) is 5.49. The molecule has 1 atom stereocenters. The zero-order valence-electron chi connectivity index (χ0n) is 12.1. The molecule has 0 saturated carbocycles. The van der Waals surface area contributed by atoms with Gasteiger partial charge >= 0.3 is 6.01 Å². The van der Waals surface area contributed by atoms with Gasteiger partial charge in [0.25, 0.3) is 0 Å². The molecule has 2 aromatic rings. The van der Waals surface area contributed by atoms with Gasteiger partial charge in [-0.3, -0.25) is 0 Å². The number of nitrogens with zero attached hydrogens (tertiary/aromatic N) is 3. The van der Waals surface area contributed by atoms with E-state index in [-0.39, 0.29) is 6.04 Å². The predicted molar refractivity (Wildman–Crippen MR) is 79.6 cm³/mol. The first-order chi connectivity index (χ1) is 9.69. The normalized spacial score (nSPS) is 12.8. The molecule has 6 nitrogen and oxygen atoms in total. The van der Waals surface area contributed by atoms with Crippen LogP contribution in [0.25, 0.3) is 0 Å². The molecule has 110 valence electrons. The number of hydrogen-bond donors (Lipinski definition) is 2. The molecule has 0 bridgehead atoms. The van der Waals surface area contributed by atoms with Crippen LogP contribution in [0.5, 0.6) is 0 Å². The van der Waals surface area contributed by atoms with Crippen LogP contribution in [-0.4, -0.2) is 21.7 Å². The third-order valence-electron chi connectivity index (χ3n) is 2.75. The fraction of sp³-hybridized carbons (Fsp3) is 0.615. The zero-order valence-corrected chi connectivity index (χ0v) is 12.9. The van der Waals surface area contributed by atoms with E-state index in [1.54, 1.807) is 17.5 Å². The van der Waals surface area contributed by atoms with Gasteiger partial charge in [0.2, 0.25) is 5.89 Å². The van der Waals surface area contributed by atoms with Gasteiger partial charge in [-0.15, -0.1) is 16.4 Å². The first kappa shape index (κ1) is 14.9. The van der Waals surface area contributed by atoms with Crippen molar-refractivity contribution in [3.05, 3.63) is 22.5 Å². The molecule has 0 spiro atoms. The predicted octanol–water partition coefficient (Wildman–Crippen LogP) is 2.83. The van der Waals surface area contributed by atoms with Gasteiger partial charge in [-0.05, 0) is 18.9 Å². The van der Waals surface area contributed by atoms with Crippen molar-refractivity contribution < 1.29 is 4.42 Å². The lowest BCUT2D eigenvalue weighted by Gasteiger charge is -2.11. The number of anilines is 1. The highest BCUT2D eigenvalue weighted by atomic mass is 32.1. The third-order valence-corrected chi connectivity index (χ3v) is 3.64. The summed E-state index contributed by atoms with van der Waals surface area (Å²) in [4.78, 5) is 4.31. The molecule has 0 aromatic carbocycles. The lowest BCUT2D eigenvalue weighted by molar-refractivity contribution is 0.455. The molecular formula is C13H21N5OS. The second kappa shape index (κ2) is 7.35. The van der Waals surface area contributed by atoms with E-state index in [4.69, 9.17) is 4.42 Å². The van der Waals surface area contributed by atoms with Crippen LogP contribution in [0, 0.1) is 5.92 Å². The minimum atomic E-state index is 0.118. The minimum Gasteiger partial charge on any atom is -0.407 e. The fourth-order valence-corrected chi connectivity index (χ4v) is 2.52. The average Bonchev–Trinajstić information content (AvgIpc) is 3.06. The third kappa shape index (κ3) is 4.28. The Morgan fingerprint density at radius 1 is 1.35 bits per heavy atom. The molecule has 1 unspecified atom stereocenters. The number of thiazole rings is 1. The van der Waals surface area contributed by atoms with Gasteiger partial charge in [-0.1, -0.05) is 25.9 Å². The number of rotatable bonds is 8. The maximum atomic E-state index is 5.58. The Hall–Kier alpha value is -1.47. The van der Waals surface area contributed by atoms with Crippen LogP contribution in [0.4, 0.5) is 6.01 Å². The van der Waals surface area contributed by atoms with Gasteiger partial charge in [-0.25, -0.2) is 4.98 Å².